The fourth-order valence-electron chi connectivity index (χ4n) is 4.27. The first-order valence-corrected chi connectivity index (χ1v) is 8.71. The maximum atomic E-state index is 5.23. The highest BCUT2D eigenvalue weighted by Gasteiger charge is 2.41. The molecule has 0 saturated heterocycles. The molecule has 0 N–H and O–H groups in total. The Morgan fingerprint density at radius 2 is 1.54 bits per heavy atom. The van der Waals surface area contributed by atoms with Gasteiger partial charge in [0.15, 0.2) is 0 Å². The van der Waals surface area contributed by atoms with Gasteiger partial charge in [0.05, 0.1) is 7.11 Å². The van der Waals surface area contributed by atoms with Gasteiger partial charge >= 0.3 is 0 Å². The van der Waals surface area contributed by atoms with Gasteiger partial charge in [-0.25, -0.2) is 0 Å². The molecule has 1 heteroatoms. The van der Waals surface area contributed by atoms with Crippen molar-refractivity contribution in [2.24, 2.45) is 0 Å². The molecule has 0 radical (unpaired) electrons. The number of methoxy groups -OCH3 is 1. The van der Waals surface area contributed by atoms with Gasteiger partial charge in [-0.05, 0) is 64.1 Å². The molecule has 126 valence electrons. The summed E-state index contributed by atoms with van der Waals surface area (Å²) in [5, 5.41) is 0. The van der Waals surface area contributed by atoms with Gasteiger partial charge in [-0.15, -0.1) is 0 Å². The van der Waals surface area contributed by atoms with Crippen LogP contribution in [0.1, 0.15) is 63.3 Å². The summed E-state index contributed by atoms with van der Waals surface area (Å²) in [6, 6.07) is 15.2. The van der Waals surface area contributed by atoms with E-state index in [1.807, 2.05) is 12.1 Å². The molecule has 0 amide bonds. The van der Waals surface area contributed by atoms with Crippen LogP contribution in [0.2, 0.25) is 0 Å². The molecule has 2 aromatic carbocycles. The molecular formula is C23H28O. The van der Waals surface area contributed by atoms with Crippen LogP contribution in [0.5, 0.6) is 5.75 Å². The number of hydrogen-bond donors (Lipinski definition) is 0. The van der Waals surface area contributed by atoms with E-state index < -0.39 is 0 Å². The predicted molar refractivity (Wildman–Crippen MR) is 104 cm³/mol. The molecule has 24 heavy (non-hydrogen) atoms. The van der Waals surface area contributed by atoms with E-state index in [4.69, 9.17) is 4.74 Å². The summed E-state index contributed by atoms with van der Waals surface area (Å²) < 4.78 is 5.23. The van der Waals surface area contributed by atoms with E-state index >= 15 is 0 Å². The maximum absolute atomic E-state index is 5.23. The van der Waals surface area contributed by atoms with Gasteiger partial charge in [0.2, 0.25) is 0 Å². The quantitative estimate of drug-likeness (QED) is 0.610. The van der Waals surface area contributed by atoms with E-state index in [2.05, 4.69) is 71.0 Å². The Kier molecular flexibility index (Phi) is 4.07. The lowest BCUT2D eigenvalue weighted by Gasteiger charge is -2.22. The summed E-state index contributed by atoms with van der Waals surface area (Å²) in [6.07, 6.45) is 3.45. The standard InChI is InChI=1S/C23H28O/c1-16(13-17-7-10-19(24-6)11-8-17)18-9-12-20-21(14-18)23(4,5)15-22(20,2)3/h7-14H,15H2,1-6H3. The normalized spacial score (nSPS) is 18.3. The summed E-state index contributed by atoms with van der Waals surface area (Å²) in [7, 11) is 1.70. The third-order valence-electron chi connectivity index (χ3n) is 5.32. The Labute approximate surface area is 146 Å². The average Bonchev–Trinajstić information content (AvgIpc) is 2.72. The molecule has 1 nitrogen and oxygen atoms in total. The van der Waals surface area contributed by atoms with Crippen LogP contribution < -0.4 is 4.74 Å². The van der Waals surface area contributed by atoms with E-state index in [1.54, 1.807) is 7.11 Å². The van der Waals surface area contributed by atoms with Crippen molar-refractivity contribution in [3.05, 3.63) is 64.7 Å². The number of ether oxygens (including phenoxy) is 1. The average molecular weight is 320 g/mol. The second-order valence-electron chi connectivity index (χ2n) is 8.31. The molecule has 2 aromatic rings. The lowest BCUT2D eigenvalue weighted by atomic mass is 9.82. The molecule has 0 unspecified atom stereocenters. The highest BCUT2D eigenvalue weighted by molar-refractivity contribution is 5.81. The van der Waals surface area contributed by atoms with Crippen LogP contribution in [0.4, 0.5) is 0 Å². The van der Waals surface area contributed by atoms with Gasteiger partial charge in [-0.1, -0.05) is 64.1 Å². The van der Waals surface area contributed by atoms with Gasteiger partial charge in [0.25, 0.3) is 0 Å². The lowest BCUT2D eigenvalue weighted by molar-refractivity contribution is 0.403. The first kappa shape index (κ1) is 16.8. The van der Waals surface area contributed by atoms with Crippen molar-refractivity contribution >= 4 is 11.6 Å². The van der Waals surface area contributed by atoms with E-state index in [0.717, 1.165) is 5.75 Å². The Morgan fingerprint density at radius 3 is 2.17 bits per heavy atom. The first-order chi connectivity index (χ1) is 11.2. The van der Waals surface area contributed by atoms with Crippen molar-refractivity contribution in [2.75, 3.05) is 7.11 Å². The molecule has 0 fully saturated rings. The molecule has 0 heterocycles. The van der Waals surface area contributed by atoms with Crippen LogP contribution in [-0.4, -0.2) is 7.11 Å². The largest absolute Gasteiger partial charge is 0.497 e. The number of allylic oxidation sites excluding steroid dienone is 1. The number of rotatable bonds is 3. The molecule has 0 spiro atoms. The van der Waals surface area contributed by atoms with Crippen LogP contribution in [0, 0.1) is 0 Å². The highest BCUT2D eigenvalue weighted by atomic mass is 16.5. The van der Waals surface area contributed by atoms with E-state index in [1.165, 1.54) is 34.2 Å². The Morgan fingerprint density at radius 1 is 0.917 bits per heavy atom. The molecular weight excluding hydrogens is 292 g/mol. The summed E-state index contributed by atoms with van der Waals surface area (Å²) in [5.41, 5.74) is 7.34. The second kappa shape index (κ2) is 5.81. The van der Waals surface area contributed by atoms with Gasteiger partial charge < -0.3 is 4.74 Å². The highest BCUT2D eigenvalue weighted by Crippen LogP contribution is 2.49. The van der Waals surface area contributed by atoms with Gasteiger partial charge in [0.1, 0.15) is 5.75 Å². The summed E-state index contributed by atoms with van der Waals surface area (Å²) in [5.74, 6) is 0.895. The molecule has 0 aromatic heterocycles. The lowest BCUT2D eigenvalue weighted by Crippen LogP contribution is -2.17. The monoisotopic (exact) mass is 320 g/mol. The minimum Gasteiger partial charge on any atom is -0.497 e. The van der Waals surface area contributed by atoms with Crippen molar-refractivity contribution in [1.82, 2.24) is 0 Å². The second-order valence-corrected chi connectivity index (χ2v) is 8.31. The predicted octanol–water partition coefficient (Wildman–Crippen LogP) is 6.21. The summed E-state index contributed by atoms with van der Waals surface area (Å²) >= 11 is 0. The van der Waals surface area contributed by atoms with Crippen LogP contribution in [-0.2, 0) is 10.8 Å². The Hall–Kier alpha value is -2.02. The van der Waals surface area contributed by atoms with Crippen LogP contribution in [0.15, 0.2) is 42.5 Å². The maximum Gasteiger partial charge on any atom is 0.118 e. The van der Waals surface area contributed by atoms with Crippen LogP contribution in [0.25, 0.3) is 11.6 Å². The van der Waals surface area contributed by atoms with Gasteiger partial charge in [-0.2, -0.15) is 0 Å². The first-order valence-electron chi connectivity index (χ1n) is 8.71. The smallest absolute Gasteiger partial charge is 0.118 e. The molecule has 0 saturated carbocycles. The third kappa shape index (κ3) is 3.00. The Balaban J connectivity index is 1.97. The van der Waals surface area contributed by atoms with E-state index in [-0.39, 0.29) is 10.8 Å². The molecule has 3 rings (SSSR count). The fourth-order valence-corrected chi connectivity index (χ4v) is 4.27. The zero-order valence-corrected chi connectivity index (χ0v) is 15.7. The topological polar surface area (TPSA) is 9.23 Å². The molecule has 1 aliphatic carbocycles. The van der Waals surface area contributed by atoms with Crippen molar-refractivity contribution < 1.29 is 4.74 Å². The SMILES string of the molecule is COc1ccc(C=C(C)c2ccc3c(c2)C(C)(C)CC3(C)C)cc1. The molecule has 0 atom stereocenters. The fraction of sp³-hybridized carbons (Fsp3) is 0.391. The van der Waals surface area contributed by atoms with Crippen LogP contribution >= 0.6 is 0 Å². The molecule has 1 aliphatic rings. The van der Waals surface area contributed by atoms with Gasteiger partial charge in [0, 0.05) is 0 Å². The van der Waals surface area contributed by atoms with Crippen molar-refractivity contribution in [1.29, 1.82) is 0 Å². The van der Waals surface area contributed by atoms with Crippen molar-refractivity contribution in [2.45, 2.75) is 51.9 Å². The Bertz CT molecular complexity index is 776. The minimum absolute atomic E-state index is 0.245. The number of hydrogen-bond acceptors (Lipinski definition) is 1. The number of benzene rings is 2. The summed E-state index contributed by atoms with van der Waals surface area (Å²) in [6.45, 7) is 11.7. The minimum atomic E-state index is 0.245. The van der Waals surface area contributed by atoms with Crippen LogP contribution in [0.3, 0.4) is 0 Å². The summed E-state index contributed by atoms with van der Waals surface area (Å²) in [4.78, 5) is 0. The van der Waals surface area contributed by atoms with E-state index in [9.17, 15) is 0 Å². The molecule has 0 bridgehead atoms. The third-order valence-corrected chi connectivity index (χ3v) is 5.32. The molecule has 0 aliphatic heterocycles. The van der Waals surface area contributed by atoms with Crippen molar-refractivity contribution in [3.63, 3.8) is 0 Å². The van der Waals surface area contributed by atoms with Gasteiger partial charge in [-0.3, -0.25) is 0 Å². The zero-order valence-electron chi connectivity index (χ0n) is 15.7. The zero-order chi connectivity index (χ0) is 17.5. The van der Waals surface area contributed by atoms with E-state index in [0.29, 0.717) is 0 Å². The number of fused-ring (bicyclic) bond motifs is 1. The van der Waals surface area contributed by atoms with Crippen molar-refractivity contribution in [3.8, 4) is 5.75 Å².